The van der Waals surface area contributed by atoms with Crippen molar-refractivity contribution in [1.29, 1.82) is 0 Å². The van der Waals surface area contributed by atoms with Crippen molar-refractivity contribution in [3.05, 3.63) is 24.3 Å². The Morgan fingerprint density at radius 3 is 2.44 bits per heavy atom. The lowest BCUT2D eigenvalue weighted by Crippen LogP contribution is -1.88. The van der Waals surface area contributed by atoms with Crippen LogP contribution < -0.4 is 0 Å². The van der Waals surface area contributed by atoms with Crippen LogP contribution in [0.25, 0.3) is 0 Å². The van der Waals surface area contributed by atoms with E-state index >= 15 is 0 Å². The Hall–Kier alpha value is -0.760. The van der Waals surface area contributed by atoms with E-state index in [2.05, 4.69) is 11.7 Å². The number of oxime groups is 1. The quantitative estimate of drug-likeness (QED) is 0.275. The first-order chi connectivity index (χ1) is 4.26. The van der Waals surface area contributed by atoms with Gasteiger partial charge in [-0.25, -0.2) is 0 Å². The highest BCUT2D eigenvalue weighted by Gasteiger charge is 1.95. The van der Waals surface area contributed by atoms with Crippen molar-refractivity contribution in [3.8, 4) is 0 Å². The molecule has 0 aliphatic carbocycles. The number of hydrogen-bond donors (Lipinski definition) is 1. The third-order valence-electron chi connectivity index (χ3n) is 0.857. The topological polar surface area (TPSA) is 32.6 Å². The summed E-state index contributed by atoms with van der Waals surface area (Å²) in [5.74, 6) is 0. The highest BCUT2D eigenvalue weighted by molar-refractivity contribution is 6.69. The highest BCUT2D eigenvalue weighted by Crippen LogP contribution is 2.02. The van der Waals surface area contributed by atoms with Gasteiger partial charge in [-0.1, -0.05) is 35.5 Å². The molecule has 0 amide bonds. The van der Waals surface area contributed by atoms with Crippen LogP contribution in [0.2, 0.25) is 0 Å². The smallest absolute Gasteiger partial charge is 0.174 e. The summed E-state index contributed by atoms with van der Waals surface area (Å²) in [4.78, 5) is 0. The molecule has 0 bridgehead atoms. The fourth-order valence-corrected chi connectivity index (χ4v) is 0.565. The van der Waals surface area contributed by atoms with Crippen LogP contribution in [0.4, 0.5) is 0 Å². The summed E-state index contributed by atoms with van der Waals surface area (Å²) in [6, 6.07) is 0. The number of rotatable bonds is 2. The Kier molecular flexibility index (Phi) is 3.80. The molecule has 2 nitrogen and oxygen atoms in total. The predicted octanol–water partition coefficient (Wildman–Crippen LogP) is 2.15. The summed E-state index contributed by atoms with van der Waals surface area (Å²) in [7, 11) is 0. The van der Waals surface area contributed by atoms with Gasteiger partial charge in [0.15, 0.2) is 5.17 Å². The fraction of sp³-hybridized carbons (Fsp3) is 0.167. The molecule has 0 spiro atoms. The van der Waals surface area contributed by atoms with Gasteiger partial charge in [0.2, 0.25) is 0 Å². The van der Waals surface area contributed by atoms with Crippen molar-refractivity contribution < 1.29 is 5.21 Å². The average molecular weight is 146 g/mol. The van der Waals surface area contributed by atoms with E-state index in [1.807, 2.05) is 0 Å². The predicted molar refractivity (Wildman–Crippen MR) is 39.0 cm³/mol. The summed E-state index contributed by atoms with van der Waals surface area (Å²) in [5.41, 5.74) is 0.624. The number of hydrogen-bond acceptors (Lipinski definition) is 2. The lowest BCUT2D eigenvalue weighted by molar-refractivity contribution is 0.321. The largest absolute Gasteiger partial charge is 0.410 e. The maximum Gasteiger partial charge on any atom is 0.174 e. The second-order valence-electron chi connectivity index (χ2n) is 1.34. The molecule has 0 radical (unpaired) electrons. The van der Waals surface area contributed by atoms with Gasteiger partial charge in [0.1, 0.15) is 0 Å². The van der Waals surface area contributed by atoms with Crippen LogP contribution in [0.3, 0.4) is 0 Å². The molecule has 0 aliphatic rings. The molecular formula is C6H8ClNO. The molecule has 0 unspecified atom stereocenters. The Morgan fingerprint density at radius 1 is 1.78 bits per heavy atom. The zero-order chi connectivity index (χ0) is 7.28. The zero-order valence-electron chi connectivity index (χ0n) is 5.13. The monoisotopic (exact) mass is 145 g/mol. The van der Waals surface area contributed by atoms with E-state index in [9.17, 15) is 0 Å². The molecule has 0 saturated carbocycles. The molecule has 3 heteroatoms. The van der Waals surface area contributed by atoms with Gasteiger partial charge in [-0.15, -0.1) is 0 Å². The second kappa shape index (κ2) is 4.15. The van der Waals surface area contributed by atoms with Crippen molar-refractivity contribution in [1.82, 2.24) is 0 Å². The molecule has 0 aliphatic heterocycles. The summed E-state index contributed by atoms with van der Waals surface area (Å²) in [6.45, 7) is 5.24. The van der Waals surface area contributed by atoms with E-state index in [1.54, 1.807) is 13.0 Å². The molecular weight excluding hydrogens is 138 g/mol. The Bertz CT molecular complexity index is 160. The standard InChI is InChI=1S/C6H8ClNO/c1-3-5(4-2)6(7)8-9/h3-4,9H,1H2,2H3/b5-4+,8-6-. The minimum atomic E-state index is 0.0625. The van der Waals surface area contributed by atoms with E-state index < -0.39 is 0 Å². The van der Waals surface area contributed by atoms with Gasteiger partial charge in [0, 0.05) is 5.57 Å². The Morgan fingerprint density at radius 2 is 2.33 bits per heavy atom. The normalized spacial score (nSPS) is 13.6. The van der Waals surface area contributed by atoms with Gasteiger partial charge >= 0.3 is 0 Å². The summed E-state index contributed by atoms with van der Waals surface area (Å²) >= 11 is 5.39. The first-order valence-corrected chi connectivity index (χ1v) is 2.80. The van der Waals surface area contributed by atoms with Crippen LogP contribution in [0.15, 0.2) is 29.5 Å². The van der Waals surface area contributed by atoms with Crippen LogP contribution in [0, 0.1) is 0 Å². The van der Waals surface area contributed by atoms with Gasteiger partial charge < -0.3 is 5.21 Å². The molecule has 0 aromatic heterocycles. The highest BCUT2D eigenvalue weighted by atomic mass is 35.5. The molecule has 0 aromatic rings. The van der Waals surface area contributed by atoms with E-state index in [1.165, 1.54) is 6.08 Å². The van der Waals surface area contributed by atoms with Gasteiger partial charge in [0.05, 0.1) is 0 Å². The van der Waals surface area contributed by atoms with Gasteiger partial charge in [-0.3, -0.25) is 0 Å². The number of nitrogens with zero attached hydrogens (tertiary/aromatic N) is 1. The van der Waals surface area contributed by atoms with Crippen LogP contribution >= 0.6 is 11.6 Å². The second-order valence-corrected chi connectivity index (χ2v) is 1.70. The molecule has 0 aromatic carbocycles. The maximum absolute atomic E-state index is 8.13. The Balaban J connectivity index is 4.32. The average Bonchev–Trinajstić information content (AvgIpc) is 1.90. The molecule has 0 fully saturated rings. The minimum absolute atomic E-state index is 0.0625. The molecule has 0 saturated heterocycles. The van der Waals surface area contributed by atoms with Crippen molar-refractivity contribution >= 4 is 16.8 Å². The van der Waals surface area contributed by atoms with Gasteiger partial charge in [-0.2, -0.15) is 0 Å². The van der Waals surface area contributed by atoms with Crippen LogP contribution in [-0.4, -0.2) is 10.4 Å². The molecule has 0 atom stereocenters. The first kappa shape index (κ1) is 8.24. The van der Waals surface area contributed by atoms with Crippen LogP contribution in [0.5, 0.6) is 0 Å². The SMILES string of the molecule is C=CC(=C\C)/C(Cl)=N/O. The molecule has 0 heterocycles. The van der Waals surface area contributed by atoms with Gasteiger partial charge in [0.25, 0.3) is 0 Å². The first-order valence-electron chi connectivity index (χ1n) is 2.43. The van der Waals surface area contributed by atoms with E-state index in [4.69, 9.17) is 16.8 Å². The van der Waals surface area contributed by atoms with Crippen molar-refractivity contribution in [3.63, 3.8) is 0 Å². The fourth-order valence-electron chi connectivity index (χ4n) is 0.379. The third kappa shape index (κ3) is 2.33. The Labute approximate surface area is 59.1 Å². The van der Waals surface area contributed by atoms with E-state index in [0.717, 1.165) is 0 Å². The van der Waals surface area contributed by atoms with Gasteiger partial charge in [-0.05, 0) is 6.92 Å². The summed E-state index contributed by atoms with van der Waals surface area (Å²) < 4.78 is 0. The number of allylic oxidation sites excluding steroid dienone is 3. The molecule has 0 rings (SSSR count). The maximum atomic E-state index is 8.13. The molecule has 1 N–H and O–H groups in total. The number of halogens is 1. The van der Waals surface area contributed by atoms with Crippen molar-refractivity contribution in [2.45, 2.75) is 6.92 Å². The lowest BCUT2D eigenvalue weighted by atomic mass is 10.3. The minimum Gasteiger partial charge on any atom is -0.410 e. The summed E-state index contributed by atoms with van der Waals surface area (Å²) in [5, 5.41) is 11.0. The van der Waals surface area contributed by atoms with Crippen LogP contribution in [0.1, 0.15) is 6.92 Å². The molecule has 9 heavy (non-hydrogen) atoms. The summed E-state index contributed by atoms with van der Waals surface area (Å²) in [6.07, 6.45) is 3.22. The lowest BCUT2D eigenvalue weighted by Gasteiger charge is -1.91. The van der Waals surface area contributed by atoms with Crippen LogP contribution in [-0.2, 0) is 0 Å². The van der Waals surface area contributed by atoms with Crippen molar-refractivity contribution in [2.75, 3.05) is 0 Å². The molecule has 50 valence electrons. The van der Waals surface area contributed by atoms with E-state index in [-0.39, 0.29) is 5.17 Å². The van der Waals surface area contributed by atoms with E-state index in [0.29, 0.717) is 5.57 Å². The zero-order valence-corrected chi connectivity index (χ0v) is 5.89. The van der Waals surface area contributed by atoms with Crippen molar-refractivity contribution in [2.24, 2.45) is 5.16 Å². The third-order valence-corrected chi connectivity index (χ3v) is 1.15.